The molecule has 0 radical (unpaired) electrons. The summed E-state index contributed by atoms with van der Waals surface area (Å²) < 4.78 is 13.4. The lowest BCUT2D eigenvalue weighted by molar-refractivity contribution is -0.140. The molecule has 1 amide bonds. The predicted molar refractivity (Wildman–Crippen MR) is 119 cm³/mol. The molecule has 3 aromatic rings. The van der Waals surface area contributed by atoms with Gasteiger partial charge in [0.15, 0.2) is 0 Å². The van der Waals surface area contributed by atoms with Gasteiger partial charge in [-0.3, -0.25) is 14.6 Å². The minimum atomic E-state index is -0.807. The molecule has 0 bridgehead atoms. The number of amides is 1. The molecule has 1 aromatic heterocycles. The first-order chi connectivity index (χ1) is 15.4. The van der Waals surface area contributed by atoms with E-state index in [1.54, 1.807) is 24.4 Å². The van der Waals surface area contributed by atoms with E-state index in [0.717, 1.165) is 5.69 Å². The van der Waals surface area contributed by atoms with Crippen LogP contribution in [0.3, 0.4) is 0 Å². The normalized spacial score (nSPS) is 17.6. The first-order valence-corrected chi connectivity index (χ1v) is 10.1. The number of hydrogen-bond donors (Lipinski definition) is 1. The minimum Gasteiger partial charge on any atom is -0.507 e. The molecule has 1 unspecified atom stereocenters. The highest BCUT2D eigenvalue weighted by Gasteiger charge is 2.46. The topological polar surface area (TPSA) is 73.7 Å². The van der Waals surface area contributed by atoms with Crippen LogP contribution in [0.4, 0.5) is 10.1 Å². The minimum absolute atomic E-state index is 0.0323. The number of nitrogens with zero attached hydrogens (tertiary/aromatic N) is 3. The number of anilines is 1. The van der Waals surface area contributed by atoms with Gasteiger partial charge in [0, 0.05) is 31.5 Å². The van der Waals surface area contributed by atoms with E-state index in [9.17, 15) is 19.1 Å². The second kappa shape index (κ2) is 8.63. The van der Waals surface area contributed by atoms with Crippen molar-refractivity contribution in [1.29, 1.82) is 0 Å². The van der Waals surface area contributed by atoms with E-state index >= 15 is 0 Å². The van der Waals surface area contributed by atoms with Gasteiger partial charge >= 0.3 is 0 Å². The molecule has 2 heterocycles. The largest absolute Gasteiger partial charge is 0.507 e. The van der Waals surface area contributed by atoms with Crippen molar-refractivity contribution in [2.75, 3.05) is 19.0 Å². The molecule has 0 aliphatic carbocycles. The number of rotatable bonds is 5. The number of Topliss-reactive ketones (excluding diaryl/α,β-unsaturated/α-hetero) is 1. The highest BCUT2D eigenvalue weighted by molar-refractivity contribution is 6.46. The molecular formula is C25H22FN3O3. The Kier molecular flexibility index (Phi) is 5.73. The highest BCUT2D eigenvalue weighted by atomic mass is 19.1. The van der Waals surface area contributed by atoms with Crippen LogP contribution < -0.4 is 4.90 Å². The van der Waals surface area contributed by atoms with Crippen molar-refractivity contribution in [2.24, 2.45) is 0 Å². The van der Waals surface area contributed by atoms with Crippen molar-refractivity contribution in [3.8, 4) is 0 Å². The number of ketones is 1. The summed E-state index contributed by atoms with van der Waals surface area (Å²) in [4.78, 5) is 33.7. The summed E-state index contributed by atoms with van der Waals surface area (Å²) in [6.45, 7) is 0.103. The number of aromatic nitrogens is 1. The average Bonchev–Trinajstić information content (AvgIpc) is 3.05. The van der Waals surface area contributed by atoms with E-state index in [4.69, 9.17) is 0 Å². The van der Waals surface area contributed by atoms with Crippen molar-refractivity contribution in [3.05, 3.63) is 101 Å². The van der Waals surface area contributed by atoms with Crippen LogP contribution in [0.1, 0.15) is 22.9 Å². The zero-order valence-electron chi connectivity index (χ0n) is 17.7. The van der Waals surface area contributed by atoms with E-state index in [-0.39, 0.29) is 23.4 Å². The molecule has 1 aliphatic rings. The van der Waals surface area contributed by atoms with Crippen LogP contribution in [-0.2, 0) is 16.1 Å². The molecule has 162 valence electrons. The number of carbonyl (C=O) groups is 2. The van der Waals surface area contributed by atoms with Crippen LogP contribution in [0, 0.1) is 5.82 Å². The molecule has 6 nitrogen and oxygen atoms in total. The van der Waals surface area contributed by atoms with Crippen LogP contribution in [0.15, 0.2) is 78.5 Å². The monoisotopic (exact) mass is 431 g/mol. The lowest BCUT2D eigenvalue weighted by Crippen LogP contribution is -2.29. The summed E-state index contributed by atoms with van der Waals surface area (Å²) in [5.41, 5.74) is 2.47. The smallest absolute Gasteiger partial charge is 0.296 e. The predicted octanol–water partition coefficient (Wildman–Crippen LogP) is 3.91. The first kappa shape index (κ1) is 21.2. The van der Waals surface area contributed by atoms with Crippen LogP contribution in [-0.4, -0.2) is 40.8 Å². The molecule has 1 N–H and O–H groups in total. The lowest BCUT2D eigenvalue weighted by Gasteiger charge is -2.25. The van der Waals surface area contributed by atoms with Crippen molar-refractivity contribution in [1.82, 2.24) is 9.88 Å². The standard InChI is InChI=1S/C25H22FN3O3/c1-28(2)20-12-8-16(9-13-20)22-21(23(30)17-6-10-18(26)11-7-17)24(31)25(32)29(22)15-19-5-3-4-14-27-19/h3-14,22,30H,15H2,1-2H3/b23-21-. The van der Waals surface area contributed by atoms with Gasteiger partial charge in [0.05, 0.1) is 23.9 Å². The van der Waals surface area contributed by atoms with Crippen LogP contribution in [0.2, 0.25) is 0 Å². The van der Waals surface area contributed by atoms with E-state index in [1.165, 1.54) is 29.2 Å². The van der Waals surface area contributed by atoms with Crippen LogP contribution >= 0.6 is 0 Å². The van der Waals surface area contributed by atoms with Gasteiger partial charge in [-0.25, -0.2) is 4.39 Å². The summed E-state index contributed by atoms with van der Waals surface area (Å²) >= 11 is 0. The van der Waals surface area contributed by atoms with Crippen molar-refractivity contribution in [2.45, 2.75) is 12.6 Å². The zero-order valence-corrected chi connectivity index (χ0v) is 17.7. The zero-order chi connectivity index (χ0) is 22.8. The van der Waals surface area contributed by atoms with Crippen LogP contribution in [0.25, 0.3) is 5.76 Å². The molecule has 1 fully saturated rings. The molecule has 32 heavy (non-hydrogen) atoms. The third-order valence-electron chi connectivity index (χ3n) is 5.44. The van der Waals surface area contributed by atoms with Gasteiger partial charge in [-0.1, -0.05) is 18.2 Å². The SMILES string of the molecule is CN(C)c1ccc(C2/C(=C(/O)c3ccc(F)cc3)C(=O)C(=O)N2Cc2ccccn2)cc1. The molecule has 1 aliphatic heterocycles. The molecule has 2 aromatic carbocycles. The average molecular weight is 431 g/mol. The van der Waals surface area contributed by atoms with Crippen molar-refractivity contribution >= 4 is 23.1 Å². The maximum absolute atomic E-state index is 13.4. The van der Waals surface area contributed by atoms with E-state index in [0.29, 0.717) is 11.3 Å². The number of hydrogen-bond acceptors (Lipinski definition) is 5. The number of carbonyl (C=O) groups excluding carboxylic acids is 2. The quantitative estimate of drug-likeness (QED) is 0.377. The molecule has 0 saturated carbocycles. The van der Waals surface area contributed by atoms with Gasteiger partial charge in [-0.05, 0) is 54.1 Å². The van der Waals surface area contributed by atoms with Gasteiger partial charge in [-0.15, -0.1) is 0 Å². The summed E-state index contributed by atoms with van der Waals surface area (Å²) in [5.74, 6) is -2.31. The maximum Gasteiger partial charge on any atom is 0.296 e. The summed E-state index contributed by atoms with van der Waals surface area (Å²) in [7, 11) is 3.83. The van der Waals surface area contributed by atoms with Crippen molar-refractivity contribution in [3.63, 3.8) is 0 Å². The molecular weight excluding hydrogens is 409 g/mol. The van der Waals surface area contributed by atoms with Gasteiger partial charge in [-0.2, -0.15) is 0 Å². The summed E-state index contributed by atoms with van der Waals surface area (Å²) in [6, 6.07) is 17.1. The third-order valence-corrected chi connectivity index (χ3v) is 5.44. The molecule has 0 spiro atoms. The fourth-order valence-corrected chi connectivity index (χ4v) is 3.77. The number of aliphatic hydroxyl groups excluding tert-OH is 1. The van der Waals surface area contributed by atoms with E-state index in [2.05, 4.69) is 4.98 Å². The Morgan fingerprint density at radius 1 is 1.03 bits per heavy atom. The number of halogens is 1. The Morgan fingerprint density at radius 3 is 2.31 bits per heavy atom. The summed E-state index contributed by atoms with van der Waals surface area (Å²) in [6.07, 6.45) is 1.62. The Morgan fingerprint density at radius 2 is 1.72 bits per heavy atom. The van der Waals surface area contributed by atoms with Crippen molar-refractivity contribution < 1.29 is 19.1 Å². The molecule has 1 saturated heterocycles. The Hall–Kier alpha value is -4.00. The number of likely N-dealkylation sites (tertiary alicyclic amines) is 1. The van der Waals surface area contributed by atoms with Gasteiger partial charge in [0.2, 0.25) is 0 Å². The number of benzene rings is 2. The van der Waals surface area contributed by atoms with E-state index in [1.807, 2.05) is 43.3 Å². The molecule has 1 atom stereocenters. The highest BCUT2D eigenvalue weighted by Crippen LogP contribution is 2.40. The lowest BCUT2D eigenvalue weighted by atomic mass is 9.95. The van der Waals surface area contributed by atoms with E-state index < -0.39 is 23.5 Å². The fraction of sp³-hybridized carbons (Fsp3) is 0.160. The van der Waals surface area contributed by atoms with Gasteiger partial charge in [0.1, 0.15) is 11.6 Å². The van der Waals surface area contributed by atoms with Gasteiger partial charge < -0.3 is 14.9 Å². The molecule has 4 rings (SSSR count). The Bertz CT molecular complexity index is 1170. The van der Waals surface area contributed by atoms with Crippen LogP contribution in [0.5, 0.6) is 0 Å². The number of aliphatic hydroxyl groups is 1. The Labute approximate surface area is 185 Å². The van der Waals surface area contributed by atoms with Gasteiger partial charge in [0.25, 0.3) is 11.7 Å². The third kappa shape index (κ3) is 3.97. The second-order valence-corrected chi connectivity index (χ2v) is 7.74. The number of pyridine rings is 1. The maximum atomic E-state index is 13.4. The second-order valence-electron chi connectivity index (χ2n) is 7.74. The molecule has 7 heteroatoms. The fourth-order valence-electron chi connectivity index (χ4n) is 3.77. The first-order valence-electron chi connectivity index (χ1n) is 10.1. The summed E-state index contributed by atoms with van der Waals surface area (Å²) in [5, 5.41) is 11.0. The Balaban J connectivity index is 1.84.